The molecule has 2 heterocycles. The van der Waals surface area contributed by atoms with E-state index in [-0.39, 0.29) is 28.6 Å². The van der Waals surface area contributed by atoms with E-state index >= 15 is 0 Å². The maximum atomic E-state index is 13.5. The molecule has 2 aromatic rings. The van der Waals surface area contributed by atoms with Crippen molar-refractivity contribution < 1.29 is 28.3 Å². The Morgan fingerprint density at radius 3 is 2.41 bits per heavy atom. The molecule has 1 atom stereocenters. The molecule has 0 aromatic carbocycles. The van der Waals surface area contributed by atoms with Crippen LogP contribution in [0.5, 0.6) is 0 Å². The van der Waals surface area contributed by atoms with Crippen molar-refractivity contribution in [2.24, 2.45) is 5.73 Å². The summed E-state index contributed by atoms with van der Waals surface area (Å²) in [6.45, 7) is 8.11. The number of anilines is 1. The molecule has 0 bridgehead atoms. The van der Waals surface area contributed by atoms with E-state index in [0.29, 0.717) is 17.3 Å². The van der Waals surface area contributed by atoms with Gasteiger partial charge in [-0.3, -0.25) is 19.2 Å². The smallest absolute Gasteiger partial charge is 0.325 e. The van der Waals surface area contributed by atoms with Crippen molar-refractivity contribution in [1.29, 1.82) is 0 Å². The molecule has 2 aromatic heterocycles. The highest BCUT2D eigenvalue weighted by atomic mass is 32.1. The van der Waals surface area contributed by atoms with Gasteiger partial charge in [0.25, 0.3) is 17.7 Å². The van der Waals surface area contributed by atoms with Crippen LogP contribution in [0.2, 0.25) is 0 Å². The molecule has 0 aliphatic rings. The van der Waals surface area contributed by atoms with Crippen molar-refractivity contribution in [3.05, 3.63) is 34.2 Å². The number of aryl methyl sites for hydroxylation is 1. The molecule has 0 aliphatic heterocycles. The van der Waals surface area contributed by atoms with Gasteiger partial charge < -0.3 is 30.8 Å². The molecule has 174 valence electrons. The number of nitrogens with two attached hydrogens (primary N) is 2. The number of hydrogen-bond acceptors (Lipinski definition) is 9. The lowest BCUT2D eigenvalue weighted by Crippen LogP contribution is -2.50. The number of nitrogens with zero attached hydrogens (tertiary/aromatic N) is 2. The molecular formula is C20H27N5O6S. The van der Waals surface area contributed by atoms with E-state index in [0.717, 1.165) is 4.90 Å². The second-order valence-corrected chi connectivity index (χ2v) is 8.74. The number of esters is 1. The van der Waals surface area contributed by atoms with Gasteiger partial charge in [0.15, 0.2) is 11.7 Å². The molecule has 0 spiro atoms. The molecule has 0 fully saturated rings. The van der Waals surface area contributed by atoms with Crippen LogP contribution in [0.15, 0.2) is 16.5 Å². The van der Waals surface area contributed by atoms with Gasteiger partial charge in [0, 0.05) is 5.54 Å². The summed E-state index contributed by atoms with van der Waals surface area (Å²) in [5.74, 6) is -2.38. The van der Waals surface area contributed by atoms with E-state index in [4.69, 9.17) is 20.6 Å². The van der Waals surface area contributed by atoms with E-state index in [1.54, 1.807) is 46.8 Å². The third-order valence-corrected chi connectivity index (χ3v) is 4.96. The van der Waals surface area contributed by atoms with Crippen molar-refractivity contribution in [3.8, 4) is 0 Å². The number of nitrogens with one attached hydrogen (secondary N) is 1. The van der Waals surface area contributed by atoms with Gasteiger partial charge in [0.1, 0.15) is 22.9 Å². The number of rotatable bonds is 8. The van der Waals surface area contributed by atoms with Gasteiger partial charge in [-0.15, -0.1) is 0 Å². The monoisotopic (exact) mass is 465 g/mol. The van der Waals surface area contributed by atoms with Gasteiger partial charge in [0.05, 0.1) is 12.3 Å². The quantitative estimate of drug-likeness (QED) is 0.491. The van der Waals surface area contributed by atoms with Gasteiger partial charge in [-0.2, -0.15) is 4.37 Å². The molecule has 0 saturated heterocycles. The van der Waals surface area contributed by atoms with Crippen molar-refractivity contribution >= 4 is 40.9 Å². The zero-order chi connectivity index (χ0) is 24.2. The fourth-order valence-corrected chi connectivity index (χ4v) is 3.61. The van der Waals surface area contributed by atoms with E-state index < -0.39 is 41.8 Å². The Labute approximate surface area is 189 Å². The van der Waals surface area contributed by atoms with Gasteiger partial charge >= 0.3 is 5.97 Å². The number of furan rings is 1. The number of aromatic nitrogens is 1. The standard InChI is InChI=1S/C20H27N5O6S/c1-6-30-12(26)9-25(19(29)16-13(21)14(17(22)27)24-32-16)15(11-8-7-10(2)31-11)18(28)23-20(3,4)5/h7-8,15H,6,9,21H2,1-5H3,(H2,22,27)(H,23,28). The molecule has 1 unspecified atom stereocenters. The van der Waals surface area contributed by atoms with Crippen LogP contribution in [0.4, 0.5) is 5.69 Å². The topological polar surface area (TPSA) is 171 Å². The zero-order valence-corrected chi connectivity index (χ0v) is 19.4. The van der Waals surface area contributed by atoms with Crippen LogP contribution in [0, 0.1) is 6.92 Å². The average Bonchev–Trinajstić information content (AvgIpc) is 3.25. The van der Waals surface area contributed by atoms with E-state index in [2.05, 4.69) is 9.69 Å². The van der Waals surface area contributed by atoms with Crippen LogP contribution in [-0.2, 0) is 14.3 Å². The largest absolute Gasteiger partial charge is 0.465 e. The Morgan fingerprint density at radius 1 is 1.28 bits per heavy atom. The molecule has 3 amide bonds. The third kappa shape index (κ3) is 5.84. The zero-order valence-electron chi connectivity index (χ0n) is 18.6. The Hall–Kier alpha value is -3.41. The normalized spacial score (nSPS) is 12.2. The first-order valence-electron chi connectivity index (χ1n) is 9.75. The summed E-state index contributed by atoms with van der Waals surface area (Å²) < 4.78 is 14.5. The minimum atomic E-state index is -1.32. The predicted octanol–water partition coefficient (Wildman–Crippen LogP) is 1.39. The molecule has 11 nitrogen and oxygen atoms in total. The maximum Gasteiger partial charge on any atom is 0.325 e. The lowest BCUT2D eigenvalue weighted by Gasteiger charge is -2.31. The first kappa shape index (κ1) is 24.9. The highest BCUT2D eigenvalue weighted by molar-refractivity contribution is 7.09. The highest BCUT2D eigenvalue weighted by Crippen LogP contribution is 2.30. The summed E-state index contributed by atoms with van der Waals surface area (Å²) >= 11 is 0.643. The van der Waals surface area contributed by atoms with Gasteiger partial charge in [0.2, 0.25) is 0 Å². The Bertz CT molecular complexity index is 1020. The molecule has 2 rings (SSSR count). The number of carbonyl (C=O) groups excluding carboxylic acids is 4. The summed E-state index contributed by atoms with van der Waals surface area (Å²) in [6.07, 6.45) is 0. The van der Waals surface area contributed by atoms with Crippen LogP contribution >= 0.6 is 11.5 Å². The first-order valence-corrected chi connectivity index (χ1v) is 10.5. The van der Waals surface area contributed by atoms with Crippen molar-refractivity contribution in [1.82, 2.24) is 14.6 Å². The molecular weight excluding hydrogens is 438 g/mol. The minimum Gasteiger partial charge on any atom is -0.465 e. The number of ether oxygens (including phenoxy) is 1. The molecule has 0 radical (unpaired) electrons. The van der Waals surface area contributed by atoms with Crippen LogP contribution in [0.25, 0.3) is 0 Å². The highest BCUT2D eigenvalue weighted by Gasteiger charge is 2.39. The van der Waals surface area contributed by atoms with Gasteiger partial charge in [-0.05, 0) is 58.3 Å². The number of primary amides is 1. The first-order chi connectivity index (χ1) is 14.9. The number of carbonyl (C=O) groups is 4. The van der Waals surface area contributed by atoms with Crippen molar-refractivity contribution in [2.45, 2.75) is 46.2 Å². The Morgan fingerprint density at radius 2 is 1.94 bits per heavy atom. The van der Waals surface area contributed by atoms with Gasteiger partial charge in [-0.25, -0.2) is 0 Å². The number of hydrogen-bond donors (Lipinski definition) is 3. The number of nitrogen functional groups attached to an aromatic ring is 1. The van der Waals surface area contributed by atoms with E-state index in [1.807, 2.05) is 0 Å². The maximum absolute atomic E-state index is 13.5. The van der Waals surface area contributed by atoms with Crippen LogP contribution in [0.1, 0.15) is 65.4 Å². The Balaban J connectivity index is 2.59. The van der Waals surface area contributed by atoms with Crippen molar-refractivity contribution in [3.63, 3.8) is 0 Å². The summed E-state index contributed by atoms with van der Waals surface area (Å²) in [6, 6.07) is 1.85. The molecule has 0 saturated carbocycles. The van der Waals surface area contributed by atoms with Crippen molar-refractivity contribution in [2.75, 3.05) is 18.9 Å². The minimum absolute atomic E-state index is 0.0775. The second-order valence-electron chi connectivity index (χ2n) is 7.97. The Kier molecular flexibility index (Phi) is 7.62. The third-order valence-electron chi connectivity index (χ3n) is 4.11. The number of amides is 3. The van der Waals surface area contributed by atoms with Crippen LogP contribution in [0.3, 0.4) is 0 Å². The fourth-order valence-electron chi connectivity index (χ4n) is 2.85. The molecule has 12 heteroatoms. The molecule has 32 heavy (non-hydrogen) atoms. The average molecular weight is 466 g/mol. The van der Waals surface area contributed by atoms with Crippen LogP contribution in [-0.4, -0.2) is 51.7 Å². The van der Waals surface area contributed by atoms with Gasteiger partial charge in [-0.1, -0.05) is 0 Å². The van der Waals surface area contributed by atoms with Crippen LogP contribution < -0.4 is 16.8 Å². The van der Waals surface area contributed by atoms with E-state index in [9.17, 15) is 19.2 Å². The molecule has 5 N–H and O–H groups in total. The summed E-state index contributed by atoms with van der Waals surface area (Å²) in [5, 5.41) is 2.79. The predicted molar refractivity (Wildman–Crippen MR) is 117 cm³/mol. The van der Waals surface area contributed by atoms with E-state index in [1.165, 1.54) is 0 Å². The summed E-state index contributed by atoms with van der Waals surface area (Å²) in [4.78, 5) is 51.4. The molecule has 0 aliphatic carbocycles. The second kappa shape index (κ2) is 9.81. The summed E-state index contributed by atoms with van der Waals surface area (Å²) in [5.41, 5.74) is 10.0. The SMILES string of the molecule is CCOC(=O)CN(C(=O)c1snc(C(N)=O)c1N)C(C(=O)NC(C)(C)C)c1ccc(C)o1. The lowest BCUT2D eigenvalue weighted by molar-refractivity contribution is -0.145. The fraction of sp³-hybridized carbons (Fsp3) is 0.450. The lowest BCUT2D eigenvalue weighted by atomic mass is 10.1. The summed E-state index contributed by atoms with van der Waals surface area (Å²) in [7, 11) is 0.